The third-order valence-corrected chi connectivity index (χ3v) is 3.74. The van der Waals surface area contributed by atoms with Crippen molar-refractivity contribution in [2.24, 2.45) is 0 Å². The molecule has 0 radical (unpaired) electrons. The zero-order valence-electron chi connectivity index (χ0n) is 13.8. The highest BCUT2D eigenvalue weighted by atomic mass is 35.5. The van der Waals surface area contributed by atoms with Crippen molar-refractivity contribution in [3.05, 3.63) is 84.5 Å². The Hall–Kier alpha value is -3.31. The average molecular weight is 366 g/mol. The number of aromatic nitrogens is 1. The number of nitrogens with one attached hydrogen (secondary N) is 2. The van der Waals surface area contributed by atoms with Gasteiger partial charge in [-0.1, -0.05) is 42.4 Å². The van der Waals surface area contributed by atoms with Crippen molar-refractivity contribution >= 4 is 34.7 Å². The van der Waals surface area contributed by atoms with Crippen molar-refractivity contribution in [2.45, 2.75) is 0 Å². The van der Waals surface area contributed by atoms with E-state index < -0.39 is 0 Å². The molecule has 0 saturated carbocycles. The first-order valence-electron chi connectivity index (χ1n) is 7.83. The standard InChI is InChI=1S/C20H16ClN3O2/c1-2-20(25)24-17-9-5-4-8-16(17)23-19-13-14(11-12-22-19)26-18-10-6-3-7-15(18)21/h2-13H,1H2,(H,22,23)(H,24,25). The molecule has 0 aliphatic carbocycles. The second-order valence-electron chi connectivity index (χ2n) is 5.27. The lowest BCUT2D eigenvalue weighted by atomic mass is 10.2. The van der Waals surface area contributed by atoms with Crippen molar-refractivity contribution < 1.29 is 9.53 Å². The number of pyridine rings is 1. The number of hydrogen-bond acceptors (Lipinski definition) is 4. The van der Waals surface area contributed by atoms with E-state index in [-0.39, 0.29) is 5.91 Å². The SMILES string of the molecule is C=CC(=O)Nc1ccccc1Nc1cc(Oc2ccccc2Cl)ccn1. The summed E-state index contributed by atoms with van der Waals surface area (Å²) >= 11 is 6.12. The van der Waals surface area contributed by atoms with Gasteiger partial charge >= 0.3 is 0 Å². The van der Waals surface area contributed by atoms with Gasteiger partial charge in [-0.25, -0.2) is 4.98 Å². The normalized spacial score (nSPS) is 10.0. The summed E-state index contributed by atoms with van der Waals surface area (Å²) in [4.78, 5) is 15.9. The number of para-hydroxylation sites is 3. The van der Waals surface area contributed by atoms with Gasteiger partial charge in [-0.15, -0.1) is 0 Å². The molecule has 5 nitrogen and oxygen atoms in total. The van der Waals surface area contributed by atoms with Gasteiger partial charge in [0, 0.05) is 12.3 Å². The second-order valence-corrected chi connectivity index (χ2v) is 5.68. The van der Waals surface area contributed by atoms with Crippen LogP contribution in [0, 0.1) is 0 Å². The van der Waals surface area contributed by atoms with E-state index in [2.05, 4.69) is 22.2 Å². The highest BCUT2D eigenvalue weighted by Gasteiger charge is 2.07. The van der Waals surface area contributed by atoms with E-state index >= 15 is 0 Å². The Kier molecular flexibility index (Phi) is 5.51. The number of halogens is 1. The van der Waals surface area contributed by atoms with Crippen LogP contribution >= 0.6 is 11.6 Å². The number of anilines is 3. The van der Waals surface area contributed by atoms with Crippen LogP contribution in [0.4, 0.5) is 17.2 Å². The van der Waals surface area contributed by atoms with E-state index in [4.69, 9.17) is 16.3 Å². The highest BCUT2D eigenvalue weighted by Crippen LogP contribution is 2.31. The molecular weight excluding hydrogens is 350 g/mol. The van der Waals surface area contributed by atoms with Crippen LogP contribution in [-0.4, -0.2) is 10.9 Å². The van der Waals surface area contributed by atoms with Gasteiger partial charge in [0.2, 0.25) is 5.91 Å². The summed E-state index contributed by atoms with van der Waals surface area (Å²) in [7, 11) is 0. The second kappa shape index (κ2) is 8.18. The molecule has 0 atom stereocenters. The Morgan fingerprint density at radius 1 is 1.08 bits per heavy atom. The molecule has 3 rings (SSSR count). The minimum absolute atomic E-state index is 0.289. The van der Waals surface area contributed by atoms with Crippen LogP contribution in [0.1, 0.15) is 0 Å². The van der Waals surface area contributed by atoms with Crippen LogP contribution in [0.5, 0.6) is 11.5 Å². The number of hydrogen-bond donors (Lipinski definition) is 2. The summed E-state index contributed by atoms with van der Waals surface area (Å²) in [6, 6.07) is 18.0. The molecule has 1 amide bonds. The molecule has 0 spiro atoms. The van der Waals surface area contributed by atoms with Crippen LogP contribution in [0.3, 0.4) is 0 Å². The molecule has 3 aromatic rings. The first-order valence-corrected chi connectivity index (χ1v) is 8.21. The lowest BCUT2D eigenvalue weighted by Gasteiger charge is -2.13. The van der Waals surface area contributed by atoms with Gasteiger partial charge in [0.1, 0.15) is 17.3 Å². The first kappa shape index (κ1) is 17.5. The Balaban J connectivity index is 1.80. The van der Waals surface area contributed by atoms with Crippen molar-refractivity contribution in [3.8, 4) is 11.5 Å². The van der Waals surface area contributed by atoms with E-state index in [1.54, 1.807) is 36.5 Å². The zero-order chi connectivity index (χ0) is 18.4. The lowest BCUT2D eigenvalue weighted by Crippen LogP contribution is -2.09. The Morgan fingerprint density at radius 2 is 1.81 bits per heavy atom. The molecule has 1 heterocycles. The van der Waals surface area contributed by atoms with Gasteiger partial charge in [-0.3, -0.25) is 4.79 Å². The summed E-state index contributed by atoms with van der Waals surface area (Å²) in [6.45, 7) is 3.46. The summed E-state index contributed by atoms with van der Waals surface area (Å²) in [5.74, 6) is 1.42. The maximum Gasteiger partial charge on any atom is 0.247 e. The van der Waals surface area contributed by atoms with Crippen molar-refractivity contribution in [1.29, 1.82) is 0 Å². The predicted molar refractivity (Wildman–Crippen MR) is 104 cm³/mol. The number of amides is 1. The quantitative estimate of drug-likeness (QED) is 0.574. The number of ether oxygens (including phenoxy) is 1. The summed E-state index contributed by atoms with van der Waals surface area (Å²) in [5, 5.41) is 6.44. The van der Waals surface area contributed by atoms with Gasteiger partial charge in [0.25, 0.3) is 0 Å². The number of rotatable bonds is 6. The van der Waals surface area contributed by atoms with Gasteiger partial charge in [-0.05, 0) is 36.4 Å². The molecule has 0 unspecified atom stereocenters. The van der Waals surface area contributed by atoms with Crippen molar-refractivity contribution in [2.75, 3.05) is 10.6 Å². The Bertz CT molecular complexity index is 944. The summed E-state index contributed by atoms with van der Waals surface area (Å²) in [6.07, 6.45) is 2.84. The third-order valence-electron chi connectivity index (χ3n) is 3.43. The van der Waals surface area contributed by atoms with Crippen LogP contribution in [0.25, 0.3) is 0 Å². The van der Waals surface area contributed by atoms with Crippen LogP contribution in [0.15, 0.2) is 79.5 Å². The minimum atomic E-state index is -0.289. The van der Waals surface area contributed by atoms with E-state index in [9.17, 15) is 4.79 Å². The van der Waals surface area contributed by atoms with E-state index in [0.717, 1.165) is 0 Å². The molecule has 2 N–H and O–H groups in total. The van der Waals surface area contributed by atoms with Gasteiger partial charge in [-0.2, -0.15) is 0 Å². The molecule has 1 aromatic heterocycles. The topological polar surface area (TPSA) is 63.2 Å². The van der Waals surface area contributed by atoms with Gasteiger partial charge in [0.15, 0.2) is 0 Å². The van der Waals surface area contributed by atoms with Crippen molar-refractivity contribution in [1.82, 2.24) is 4.98 Å². The fourth-order valence-electron chi connectivity index (χ4n) is 2.22. The van der Waals surface area contributed by atoms with Crippen LogP contribution in [-0.2, 0) is 4.79 Å². The zero-order valence-corrected chi connectivity index (χ0v) is 14.5. The molecule has 130 valence electrons. The van der Waals surface area contributed by atoms with E-state index in [1.165, 1.54) is 6.08 Å². The fraction of sp³-hybridized carbons (Fsp3) is 0. The average Bonchev–Trinajstić information content (AvgIpc) is 2.65. The summed E-state index contributed by atoms with van der Waals surface area (Å²) < 4.78 is 5.80. The molecule has 6 heteroatoms. The molecule has 0 aliphatic heterocycles. The largest absolute Gasteiger partial charge is 0.456 e. The molecule has 0 aliphatic rings. The molecule has 0 saturated heterocycles. The minimum Gasteiger partial charge on any atom is -0.456 e. The van der Waals surface area contributed by atoms with Gasteiger partial charge < -0.3 is 15.4 Å². The molecule has 26 heavy (non-hydrogen) atoms. The Morgan fingerprint density at radius 3 is 2.58 bits per heavy atom. The van der Waals surface area contributed by atoms with Gasteiger partial charge in [0.05, 0.1) is 16.4 Å². The maximum absolute atomic E-state index is 11.6. The maximum atomic E-state index is 11.6. The van der Waals surface area contributed by atoms with E-state index in [0.29, 0.717) is 33.7 Å². The number of nitrogens with zero attached hydrogens (tertiary/aromatic N) is 1. The van der Waals surface area contributed by atoms with Crippen LogP contribution < -0.4 is 15.4 Å². The number of carbonyl (C=O) groups is 1. The van der Waals surface area contributed by atoms with E-state index in [1.807, 2.05) is 30.3 Å². The number of benzene rings is 2. The lowest BCUT2D eigenvalue weighted by molar-refractivity contribution is -0.111. The molecular formula is C20H16ClN3O2. The fourth-order valence-corrected chi connectivity index (χ4v) is 2.39. The summed E-state index contributed by atoms with van der Waals surface area (Å²) in [5.41, 5.74) is 1.32. The first-order chi connectivity index (χ1) is 12.7. The smallest absolute Gasteiger partial charge is 0.247 e. The molecule has 0 fully saturated rings. The monoisotopic (exact) mass is 365 g/mol. The predicted octanol–water partition coefficient (Wildman–Crippen LogP) is 5.40. The third kappa shape index (κ3) is 4.40. The molecule has 0 bridgehead atoms. The molecule has 2 aromatic carbocycles. The Labute approximate surface area is 156 Å². The number of carbonyl (C=O) groups excluding carboxylic acids is 1. The van der Waals surface area contributed by atoms with Crippen LogP contribution in [0.2, 0.25) is 5.02 Å². The highest BCUT2D eigenvalue weighted by molar-refractivity contribution is 6.32. The van der Waals surface area contributed by atoms with Crippen molar-refractivity contribution in [3.63, 3.8) is 0 Å².